The molecule has 106 valence electrons. The van der Waals surface area contributed by atoms with E-state index in [0.717, 1.165) is 5.56 Å². The number of nitrogens with one attached hydrogen (secondary N) is 1. The van der Waals surface area contributed by atoms with E-state index in [0.29, 0.717) is 37.0 Å². The number of amides is 1. The molecule has 0 aliphatic carbocycles. The number of hydrogen-bond donors (Lipinski definition) is 1. The zero-order valence-corrected chi connectivity index (χ0v) is 11.8. The molecule has 0 bridgehead atoms. The maximum Gasteiger partial charge on any atom is 0.257 e. The van der Waals surface area contributed by atoms with Gasteiger partial charge in [-0.15, -0.1) is 0 Å². The van der Waals surface area contributed by atoms with Crippen LogP contribution in [0, 0.1) is 5.92 Å². The van der Waals surface area contributed by atoms with Crippen LogP contribution in [0.25, 0.3) is 11.5 Å². The van der Waals surface area contributed by atoms with Crippen molar-refractivity contribution >= 4 is 5.91 Å². The summed E-state index contributed by atoms with van der Waals surface area (Å²) in [6, 6.07) is 9.62. The van der Waals surface area contributed by atoms with E-state index in [2.05, 4.69) is 15.5 Å². The first-order valence-corrected chi connectivity index (χ1v) is 6.80. The van der Waals surface area contributed by atoms with Gasteiger partial charge in [-0.25, -0.2) is 0 Å². The van der Waals surface area contributed by atoms with Crippen molar-refractivity contribution in [3.63, 3.8) is 0 Å². The highest BCUT2D eigenvalue weighted by atomic mass is 16.5. The van der Waals surface area contributed by atoms with Crippen molar-refractivity contribution in [3.05, 3.63) is 36.2 Å². The Kier molecular flexibility index (Phi) is 4.87. The third-order valence-electron chi connectivity index (χ3n) is 2.75. The van der Waals surface area contributed by atoms with Crippen LogP contribution in [0.4, 0.5) is 0 Å². The molecule has 0 radical (unpaired) electrons. The van der Waals surface area contributed by atoms with Crippen molar-refractivity contribution in [3.8, 4) is 11.5 Å². The Bertz CT molecular complexity index is 549. The number of rotatable bonds is 6. The predicted molar refractivity (Wildman–Crippen MR) is 75.9 cm³/mol. The van der Waals surface area contributed by atoms with Gasteiger partial charge in [0.1, 0.15) is 0 Å². The fourth-order valence-corrected chi connectivity index (χ4v) is 1.81. The summed E-state index contributed by atoms with van der Waals surface area (Å²) in [6.07, 6.45) is 1.11. The molecule has 0 aliphatic rings. The number of hydrogen-bond acceptors (Lipinski definition) is 4. The van der Waals surface area contributed by atoms with Gasteiger partial charge in [0, 0.05) is 24.9 Å². The topological polar surface area (TPSA) is 68.0 Å². The van der Waals surface area contributed by atoms with Gasteiger partial charge in [0.2, 0.25) is 5.91 Å². The van der Waals surface area contributed by atoms with Crippen molar-refractivity contribution in [1.29, 1.82) is 0 Å². The SMILES string of the molecule is CC(C)CC(=O)NCCc1noc(-c2ccccc2)n1. The third-order valence-corrected chi connectivity index (χ3v) is 2.75. The van der Waals surface area contributed by atoms with Gasteiger partial charge >= 0.3 is 0 Å². The van der Waals surface area contributed by atoms with E-state index < -0.39 is 0 Å². The fourth-order valence-electron chi connectivity index (χ4n) is 1.81. The molecule has 1 heterocycles. The van der Waals surface area contributed by atoms with Gasteiger partial charge in [-0.3, -0.25) is 4.79 Å². The van der Waals surface area contributed by atoms with Gasteiger partial charge in [-0.2, -0.15) is 4.98 Å². The van der Waals surface area contributed by atoms with Crippen LogP contribution in [0.1, 0.15) is 26.1 Å². The molecule has 1 amide bonds. The summed E-state index contributed by atoms with van der Waals surface area (Å²) in [7, 11) is 0. The van der Waals surface area contributed by atoms with Gasteiger partial charge in [-0.05, 0) is 18.1 Å². The highest BCUT2D eigenvalue weighted by Gasteiger charge is 2.09. The minimum atomic E-state index is 0.0618. The van der Waals surface area contributed by atoms with Crippen molar-refractivity contribution in [2.45, 2.75) is 26.7 Å². The van der Waals surface area contributed by atoms with E-state index in [-0.39, 0.29) is 5.91 Å². The van der Waals surface area contributed by atoms with Gasteiger partial charge in [0.15, 0.2) is 5.82 Å². The number of aromatic nitrogens is 2. The largest absolute Gasteiger partial charge is 0.356 e. The van der Waals surface area contributed by atoms with Crippen molar-refractivity contribution in [2.24, 2.45) is 5.92 Å². The standard InChI is InChI=1S/C15H19N3O2/c1-11(2)10-14(19)16-9-8-13-17-15(20-18-13)12-6-4-3-5-7-12/h3-7,11H,8-10H2,1-2H3,(H,16,19). The first-order valence-electron chi connectivity index (χ1n) is 6.80. The Morgan fingerprint density at radius 2 is 2.05 bits per heavy atom. The second-order valence-corrected chi connectivity index (χ2v) is 5.08. The first kappa shape index (κ1) is 14.2. The van der Waals surface area contributed by atoms with E-state index in [1.54, 1.807) is 0 Å². The van der Waals surface area contributed by atoms with E-state index in [9.17, 15) is 4.79 Å². The third kappa shape index (κ3) is 4.19. The van der Waals surface area contributed by atoms with Crippen LogP contribution in [-0.2, 0) is 11.2 Å². The van der Waals surface area contributed by atoms with Gasteiger partial charge in [0.05, 0.1) is 0 Å². The zero-order valence-electron chi connectivity index (χ0n) is 11.8. The maximum atomic E-state index is 11.5. The normalized spacial score (nSPS) is 10.8. The molecule has 0 fully saturated rings. The molecule has 1 N–H and O–H groups in total. The van der Waals surface area contributed by atoms with Crippen LogP contribution >= 0.6 is 0 Å². The zero-order chi connectivity index (χ0) is 14.4. The smallest absolute Gasteiger partial charge is 0.257 e. The number of carbonyl (C=O) groups excluding carboxylic acids is 1. The fraction of sp³-hybridized carbons (Fsp3) is 0.400. The predicted octanol–water partition coefficient (Wildman–Crippen LogP) is 2.44. The average molecular weight is 273 g/mol. The molecule has 2 rings (SSSR count). The molecule has 20 heavy (non-hydrogen) atoms. The lowest BCUT2D eigenvalue weighted by Gasteiger charge is -2.05. The Labute approximate surface area is 118 Å². The van der Waals surface area contributed by atoms with E-state index >= 15 is 0 Å². The molecular weight excluding hydrogens is 254 g/mol. The molecule has 0 spiro atoms. The molecule has 1 aromatic carbocycles. The molecular formula is C15H19N3O2. The summed E-state index contributed by atoms with van der Waals surface area (Å²) in [6.45, 7) is 4.56. The molecule has 1 aromatic heterocycles. The highest BCUT2D eigenvalue weighted by Crippen LogP contribution is 2.15. The van der Waals surface area contributed by atoms with Crippen LogP contribution in [0.5, 0.6) is 0 Å². The Balaban J connectivity index is 1.83. The average Bonchev–Trinajstić information content (AvgIpc) is 2.88. The molecule has 0 aliphatic heterocycles. The maximum absolute atomic E-state index is 11.5. The molecule has 0 unspecified atom stereocenters. The lowest BCUT2D eigenvalue weighted by atomic mass is 10.1. The van der Waals surface area contributed by atoms with E-state index in [1.165, 1.54) is 0 Å². The highest BCUT2D eigenvalue weighted by molar-refractivity contribution is 5.76. The second kappa shape index (κ2) is 6.84. The monoisotopic (exact) mass is 273 g/mol. The molecule has 0 saturated carbocycles. The quantitative estimate of drug-likeness (QED) is 0.877. The van der Waals surface area contributed by atoms with E-state index in [1.807, 2.05) is 44.2 Å². The minimum Gasteiger partial charge on any atom is -0.356 e. The number of benzene rings is 1. The lowest BCUT2D eigenvalue weighted by Crippen LogP contribution is -2.26. The van der Waals surface area contributed by atoms with Crippen LogP contribution in [-0.4, -0.2) is 22.6 Å². The van der Waals surface area contributed by atoms with Crippen LogP contribution in [0.15, 0.2) is 34.9 Å². The Hall–Kier alpha value is -2.17. The van der Waals surface area contributed by atoms with Crippen molar-refractivity contribution in [2.75, 3.05) is 6.54 Å². The van der Waals surface area contributed by atoms with Gasteiger partial charge in [-0.1, -0.05) is 37.2 Å². The second-order valence-electron chi connectivity index (χ2n) is 5.08. The number of carbonyl (C=O) groups is 1. The summed E-state index contributed by atoms with van der Waals surface area (Å²) in [5.74, 6) is 1.54. The molecule has 2 aromatic rings. The van der Waals surface area contributed by atoms with Crippen molar-refractivity contribution < 1.29 is 9.32 Å². The summed E-state index contributed by atoms with van der Waals surface area (Å²) in [4.78, 5) is 15.8. The minimum absolute atomic E-state index is 0.0618. The molecule has 0 saturated heterocycles. The summed E-state index contributed by atoms with van der Waals surface area (Å²) in [5, 5.41) is 6.76. The van der Waals surface area contributed by atoms with Crippen LogP contribution < -0.4 is 5.32 Å². The van der Waals surface area contributed by atoms with Gasteiger partial charge in [0.25, 0.3) is 5.89 Å². The summed E-state index contributed by atoms with van der Waals surface area (Å²) < 4.78 is 5.20. The summed E-state index contributed by atoms with van der Waals surface area (Å²) >= 11 is 0. The van der Waals surface area contributed by atoms with Gasteiger partial charge < -0.3 is 9.84 Å². The van der Waals surface area contributed by atoms with Crippen LogP contribution in [0.2, 0.25) is 0 Å². The molecule has 5 heteroatoms. The number of nitrogens with zero attached hydrogens (tertiary/aromatic N) is 2. The van der Waals surface area contributed by atoms with E-state index in [4.69, 9.17) is 4.52 Å². The van der Waals surface area contributed by atoms with Crippen molar-refractivity contribution in [1.82, 2.24) is 15.5 Å². The first-order chi connectivity index (χ1) is 9.65. The van der Waals surface area contributed by atoms with Crippen LogP contribution in [0.3, 0.4) is 0 Å². The Morgan fingerprint density at radius 3 is 2.75 bits per heavy atom. The Morgan fingerprint density at radius 1 is 1.30 bits per heavy atom. The lowest BCUT2D eigenvalue weighted by molar-refractivity contribution is -0.121. The molecule has 0 atom stereocenters. The summed E-state index contributed by atoms with van der Waals surface area (Å²) in [5.41, 5.74) is 0.898. The molecule has 5 nitrogen and oxygen atoms in total.